The van der Waals surface area contributed by atoms with Crippen molar-refractivity contribution in [2.75, 3.05) is 26.5 Å². The molecule has 1 aromatic heterocycles. The van der Waals surface area contributed by atoms with Crippen LogP contribution in [0.1, 0.15) is 11.6 Å². The highest BCUT2D eigenvalue weighted by Gasteiger charge is 2.19. The Morgan fingerprint density at radius 3 is 2.69 bits per heavy atom. The molecule has 1 heterocycles. The van der Waals surface area contributed by atoms with Gasteiger partial charge in [0, 0.05) is 14.2 Å². The van der Waals surface area contributed by atoms with E-state index in [0.29, 0.717) is 11.6 Å². The number of rotatable bonds is 6. The van der Waals surface area contributed by atoms with E-state index in [1.165, 1.54) is 18.5 Å². The predicted octanol–water partition coefficient (Wildman–Crippen LogP) is -0.479. The maximum atomic E-state index is 11.7. The number of nitrogens with zero attached hydrogens (tertiary/aromatic N) is 3. The van der Waals surface area contributed by atoms with E-state index in [2.05, 4.69) is 15.2 Å². The summed E-state index contributed by atoms with van der Waals surface area (Å²) in [6, 6.07) is 0. The minimum atomic E-state index is -3.30. The molecule has 0 unspecified atom stereocenters. The summed E-state index contributed by atoms with van der Waals surface area (Å²) in [6.45, 7) is 2.10. The minimum Gasteiger partial charge on any atom is -0.384 e. The molecule has 0 radical (unpaired) electrons. The first-order valence-electron chi connectivity index (χ1n) is 4.76. The van der Waals surface area contributed by atoms with Gasteiger partial charge >= 0.3 is 0 Å². The number of methoxy groups -OCH3 is 1. The maximum Gasteiger partial charge on any atom is 0.216 e. The van der Waals surface area contributed by atoms with Crippen molar-refractivity contribution >= 4 is 10.0 Å². The topological polar surface area (TPSA) is 88.2 Å². The van der Waals surface area contributed by atoms with E-state index in [-0.39, 0.29) is 18.9 Å². The highest BCUT2D eigenvalue weighted by Crippen LogP contribution is 2.03. The lowest BCUT2D eigenvalue weighted by Gasteiger charge is -2.14. The molecule has 0 saturated carbocycles. The maximum absolute atomic E-state index is 11.7. The smallest absolute Gasteiger partial charge is 0.216 e. The molecule has 0 aromatic carbocycles. The largest absolute Gasteiger partial charge is 0.384 e. The zero-order valence-corrected chi connectivity index (χ0v) is 10.4. The summed E-state index contributed by atoms with van der Waals surface area (Å²) < 4.78 is 29.3. The first-order valence-corrected chi connectivity index (χ1v) is 6.37. The molecule has 0 aliphatic carbocycles. The van der Waals surface area contributed by atoms with Gasteiger partial charge in [0.2, 0.25) is 10.0 Å². The average molecular weight is 248 g/mol. The van der Waals surface area contributed by atoms with Gasteiger partial charge in [-0.05, 0) is 6.92 Å². The number of nitrogens with one attached hydrogen (secondary N) is 1. The Balaban J connectivity index is 2.61. The molecule has 0 aliphatic rings. The van der Waals surface area contributed by atoms with E-state index in [1.807, 2.05) is 0 Å². The molecule has 0 bridgehead atoms. The van der Waals surface area contributed by atoms with E-state index >= 15 is 0 Å². The number of aromatic amines is 1. The van der Waals surface area contributed by atoms with E-state index < -0.39 is 10.0 Å². The van der Waals surface area contributed by atoms with Gasteiger partial charge in [-0.15, -0.1) is 0 Å². The van der Waals surface area contributed by atoms with Crippen LogP contribution >= 0.6 is 0 Å². The fourth-order valence-electron chi connectivity index (χ4n) is 1.10. The molecule has 92 valence electrons. The molecule has 0 aliphatic heterocycles. The summed E-state index contributed by atoms with van der Waals surface area (Å²) in [7, 11) is -0.334. The number of H-pyrrole nitrogens is 1. The summed E-state index contributed by atoms with van der Waals surface area (Å²) in [5.74, 6) is 1.09. The molecule has 1 aromatic rings. The molecule has 0 atom stereocenters. The van der Waals surface area contributed by atoms with Gasteiger partial charge in [0.05, 0.1) is 18.9 Å². The number of hydrogen-bond acceptors (Lipinski definition) is 5. The monoisotopic (exact) mass is 248 g/mol. The lowest BCUT2D eigenvalue weighted by molar-refractivity contribution is 0.215. The van der Waals surface area contributed by atoms with Crippen LogP contribution in [0.4, 0.5) is 0 Å². The Morgan fingerprint density at radius 1 is 1.50 bits per heavy atom. The van der Waals surface area contributed by atoms with Gasteiger partial charge in [-0.1, -0.05) is 0 Å². The zero-order valence-electron chi connectivity index (χ0n) is 9.60. The summed E-state index contributed by atoms with van der Waals surface area (Å²) in [4.78, 5) is 4.04. The number of hydrogen-bond donors (Lipinski definition) is 1. The summed E-state index contributed by atoms with van der Waals surface area (Å²) >= 11 is 0. The van der Waals surface area contributed by atoms with Crippen LogP contribution in [0, 0.1) is 6.92 Å². The van der Waals surface area contributed by atoms with Crippen molar-refractivity contribution in [3.63, 3.8) is 0 Å². The second-order valence-electron chi connectivity index (χ2n) is 3.40. The quantitative estimate of drug-likeness (QED) is 0.734. The van der Waals surface area contributed by atoms with Crippen molar-refractivity contribution in [3.8, 4) is 0 Å². The lowest BCUT2D eigenvalue weighted by Crippen LogP contribution is -2.30. The Kier molecular flexibility index (Phi) is 4.39. The molecule has 0 saturated heterocycles. The van der Waals surface area contributed by atoms with Crippen molar-refractivity contribution < 1.29 is 13.2 Å². The average Bonchev–Trinajstić information content (AvgIpc) is 2.61. The Hall–Kier alpha value is -0.990. The van der Waals surface area contributed by atoms with Crippen molar-refractivity contribution in [2.24, 2.45) is 0 Å². The first-order chi connectivity index (χ1) is 7.45. The molecule has 0 spiro atoms. The van der Waals surface area contributed by atoms with Crippen LogP contribution in [0.25, 0.3) is 0 Å². The third-order valence-electron chi connectivity index (χ3n) is 2.03. The van der Waals surface area contributed by atoms with Crippen molar-refractivity contribution in [1.29, 1.82) is 0 Å². The Bertz CT molecular complexity index is 428. The summed E-state index contributed by atoms with van der Waals surface area (Å²) in [5.41, 5.74) is 0. The molecule has 16 heavy (non-hydrogen) atoms. The number of sulfonamides is 1. The predicted molar refractivity (Wildman–Crippen MR) is 58.2 cm³/mol. The third kappa shape index (κ3) is 3.54. The Morgan fingerprint density at radius 2 is 2.19 bits per heavy atom. The lowest BCUT2D eigenvalue weighted by atomic mass is 10.6. The van der Waals surface area contributed by atoms with Crippen LogP contribution in [0.5, 0.6) is 0 Å². The van der Waals surface area contributed by atoms with Crippen LogP contribution in [0.2, 0.25) is 0 Å². The van der Waals surface area contributed by atoms with Gasteiger partial charge in [-0.2, -0.15) is 9.40 Å². The second-order valence-corrected chi connectivity index (χ2v) is 5.60. The van der Waals surface area contributed by atoms with E-state index in [4.69, 9.17) is 4.74 Å². The fourth-order valence-corrected chi connectivity index (χ4v) is 2.10. The van der Waals surface area contributed by atoms with Gasteiger partial charge < -0.3 is 4.74 Å². The number of aryl methyl sites for hydroxylation is 1. The van der Waals surface area contributed by atoms with Gasteiger partial charge in [0.15, 0.2) is 5.82 Å². The van der Waals surface area contributed by atoms with Gasteiger partial charge in [0.25, 0.3) is 0 Å². The fraction of sp³-hybridized carbons (Fsp3) is 0.750. The number of aromatic nitrogens is 3. The molecule has 8 heteroatoms. The van der Waals surface area contributed by atoms with Crippen LogP contribution in [0.15, 0.2) is 0 Å². The van der Waals surface area contributed by atoms with Gasteiger partial charge in [-0.25, -0.2) is 13.4 Å². The van der Waals surface area contributed by atoms with E-state index in [0.717, 1.165) is 0 Å². The van der Waals surface area contributed by atoms with Crippen LogP contribution in [-0.2, 0) is 21.3 Å². The van der Waals surface area contributed by atoms with E-state index in [9.17, 15) is 8.42 Å². The minimum absolute atomic E-state index is 0.0383. The normalized spacial score (nSPS) is 12.2. The van der Waals surface area contributed by atoms with Crippen molar-refractivity contribution in [1.82, 2.24) is 19.5 Å². The second kappa shape index (κ2) is 5.37. The molecule has 1 N–H and O–H groups in total. The zero-order chi connectivity index (χ0) is 12.2. The molecule has 0 fully saturated rings. The highest BCUT2D eigenvalue weighted by atomic mass is 32.2. The summed E-state index contributed by atoms with van der Waals surface area (Å²) in [6.07, 6.45) is 0. The molecule has 0 amide bonds. The summed E-state index contributed by atoms with van der Waals surface area (Å²) in [5, 5.41) is 6.54. The van der Waals surface area contributed by atoms with Crippen molar-refractivity contribution in [3.05, 3.63) is 11.6 Å². The molecule has 7 nitrogen and oxygen atoms in total. The Labute approximate surface area is 94.9 Å². The SMILES string of the molecule is COCCS(=O)(=O)N(C)Cc1n[nH]c(C)n1. The standard InChI is InChI=1S/C8H16N4O3S/c1-7-9-8(11-10-7)6-12(2)16(13,14)5-4-15-3/h4-6H2,1-3H3,(H,9,10,11). The van der Waals surface area contributed by atoms with Crippen LogP contribution < -0.4 is 0 Å². The number of ether oxygens (including phenoxy) is 1. The third-order valence-corrected chi connectivity index (χ3v) is 3.79. The van der Waals surface area contributed by atoms with Gasteiger partial charge in [0.1, 0.15) is 5.82 Å². The first kappa shape index (κ1) is 13.1. The van der Waals surface area contributed by atoms with Crippen LogP contribution in [0.3, 0.4) is 0 Å². The molecular weight excluding hydrogens is 232 g/mol. The van der Waals surface area contributed by atoms with Crippen molar-refractivity contribution in [2.45, 2.75) is 13.5 Å². The molecular formula is C8H16N4O3S. The van der Waals surface area contributed by atoms with E-state index in [1.54, 1.807) is 6.92 Å². The van der Waals surface area contributed by atoms with Crippen LogP contribution in [-0.4, -0.2) is 54.4 Å². The molecule has 1 rings (SSSR count). The highest BCUT2D eigenvalue weighted by molar-refractivity contribution is 7.89. The van der Waals surface area contributed by atoms with Gasteiger partial charge in [-0.3, -0.25) is 5.10 Å².